The third kappa shape index (κ3) is 4.16. The highest BCUT2D eigenvalue weighted by atomic mass is 35.5. The quantitative estimate of drug-likeness (QED) is 0.595. The molecule has 1 amide bonds. The predicted molar refractivity (Wildman–Crippen MR) is 98.7 cm³/mol. The lowest BCUT2D eigenvalue weighted by Crippen LogP contribution is -2.25. The SMILES string of the molecule is CN(C(=O)c1ccc(COc2cc(Cl)ccc2Cl)o1)c1ccccc1. The second-order valence-electron chi connectivity index (χ2n) is 5.33. The Morgan fingerprint density at radius 3 is 2.60 bits per heavy atom. The van der Waals surface area contributed by atoms with Crippen molar-refractivity contribution >= 4 is 34.8 Å². The van der Waals surface area contributed by atoms with E-state index in [2.05, 4.69) is 0 Å². The number of para-hydroxylation sites is 1. The summed E-state index contributed by atoms with van der Waals surface area (Å²) < 4.78 is 11.2. The molecule has 0 aliphatic carbocycles. The van der Waals surface area contributed by atoms with Crippen LogP contribution in [0.2, 0.25) is 10.0 Å². The van der Waals surface area contributed by atoms with Crippen LogP contribution in [0.4, 0.5) is 5.69 Å². The molecule has 25 heavy (non-hydrogen) atoms. The number of furan rings is 1. The largest absolute Gasteiger partial charge is 0.484 e. The van der Waals surface area contributed by atoms with Crippen LogP contribution in [0.1, 0.15) is 16.3 Å². The molecule has 4 nitrogen and oxygen atoms in total. The topological polar surface area (TPSA) is 42.7 Å². The van der Waals surface area contributed by atoms with Crippen molar-refractivity contribution in [1.29, 1.82) is 0 Å². The lowest BCUT2D eigenvalue weighted by atomic mass is 10.3. The molecule has 2 aromatic carbocycles. The summed E-state index contributed by atoms with van der Waals surface area (Å²) in [5, 5.41) is 0.982. The van der Waals surface area contributed by atoms with Gasteiger partial charge in [0.15, 0.2) is 5.76 Å². The van der Waals surface area contributed by atoms with Crippen LogP contribution in [-0.2, 0) is 6.61 Å². The van der Waals surface area contributed by atoms with Gasteiger partial charge in [0.1, 0.15) is 18.1 Å². The van der Waals surface area contributed by atoms with Crippen molar-refractivity contribution < 1.29 is 13.9 Å². The molecule has 0 fully saturated rings. The van der Waals surface area contributed by atoms with E-state index in [4.69, 9.17) is 32.4 Å². The number of carbonyl (C=O) groups is 1. The zero-order valence-corrected chi connectivity index (χ0v) is 14.9. The first-order valence-corrected chi connectivity index (χ1v) is 8.30. The number of rotatable bonds is 5. The van der Waals surface area contributed by atoms with Crippen LogP contribution in [0.3, 0.4) is 0 Å². The molecule has 0 radical (unpaired) electrons. The fraction of sp³-hybridized carbons (Fsp3) is 0.105. The maximum atomic E-state index is 12.5. The van der Waals surface area contributed by atoms with E-state index in [0.717, 1.165) is 5.69 Å². The lowest BCUT2D eigenvalue weighted by Gasteiger charge is -2.15. The van der Waals surface area contributed by atoms with E-state index in [9.17, 15) is 4.79 Å². The van der Waals surface area contributed by atoms with Gasteiger partial charge in [-0.05, 0) is 36.4 Å². The van der Waals surface area contributed by atoms with E-state index < -0.39 is 0 Å². The highest BCUT2D eigenvalue weighted by Crippen LogP contribution is 2.28. The summed E-state index contributed by atoms with van der Waals surface area (Å²) in [6.07, 6.45) is 0. The molecule has 128 valence electrons. The highest BCUT2D eigenvalue weighted by molar-refractivity contribution is 6.34. The molecular weight excluding hydrogens is 361 g/mol. The van der Waals surface area contributed by atoms with E-state index in [1.807, 2.05) is 30.3 Å². The molecular formula is C19H15Cl2NO3. The number of halogens is 2. The molecule has 0 spiro atoms. The summed E-state index contributed by atoms with van der Waals surface area (Å²) in [5.41, 5.74) is 0.785. The summed E-state index contributed by atoms with van der Waals surface area (Å²) in [4.78, 5) is 14.0. The van der Waals surface area contributed by atoms with Crippen LogP contribution in [0.5, 0.6) is 5.75 Å². The second-order valence-corrected chi connectivity index (χ2v) is 6.17. The molecule has 0 bridgehead atoms. The molecule has 3 rings (SSSR count). The van der Waals surface area contributed by atoms with Crippen molar-refractivity contribution in [3.05, 3.63) is 82.2 Å². The molecule has 6 heteroatoms. The van der Waals surface area contributed by atoms with Crippen molar-refractivity contribution in [3.63, 3.8) is 0 Å². The summed E-state index contributed by atoms with van der Waals surface area (Å²) in [7, 11) is 1.70. The van der Waals surface area contributed by atoms with Gasteiger partial charge in [0, 0.05) is 23.8 Å². The van der Waals surface area contributed by atoms with Gasteiger partial charge in [0.2, 0.25) is 0 Å². The van der Waals surface area contributed by atoms with Crippen molar-refractivity contribution in [3.8, 4) is 5.75 Å². The summed E-state index contributed by atoms with van der Waals surface area (Å²) in [6.45, 7) is 0.141. The molecule has 0 aliphatic heterocycles. The molecule has 1 heterocycles. The number of benzene rings is 2. The average Bonchev–Trinajstić information content (AvgIpc) is 3.11. The number of carbonyl (C=O) groups excluding carboxylic acids is 1. The Morgan fingerprint density at radius 1 is 1.08 bits per heavy atom. The highest BCUT2D eigenvalue weighted by Gasteiger charge is 2.17. The van der Waals surface area contributed by atoms with E-state index in [1.165, 1.54) is 4.90 Å². The number of hydrogen-bond donors (Lipinski definition) is 0. The van der Waals surface area contributed by atoms with Gasteiger partial charge in [-0.15, -0.1) is 0 Å². The maximum absolute atomic E-state index is 12.5. The van der Waals surface area contributed by atoms with Gasteiger partial charge >= 0.3 is 0 Å². The predicted octanol–water partition coefficient (Wildman–Crippen LogP) is 5.44. The van der Waals surface area contributed by atoms with E-state index >= 15 is 0 Å². The molecule has 0 N–H and O–H groups in total. The Kier molecular flexibility index (Phi) is 5.31. The third-order valence-electron chi connectivity index (χ3n) is 3.58. The van der Waals surface area contributed by atoms with E-state index in [0.29, 0.717) is 21.6 Å². The second kappa shape index (κ2) is 7.64. The summed E-state index contributed by atoms with van der Waals surface area (Å²) >= 11 is 12.0. The van der Waals surface area contributed by atoms with Crippen molar-refractivity contribution in [1.82, 2.24) is 0 Å². The third-order valence-corrected chi connectivity index (χ3v) is 4.13. The molecule has 0 aliphatic rings. The van der Waals surface area contributed by atoms with Crippen LogP contribution in [0.25, 0.3) is 0 Å². The molecule has 0 saturated carbocycles. The minimum absolute atomic E-state index is 0.141. The van der Waals surface area contributed by atoms with Crippen LogP contribution in [-0.4, -0.2) is 13.0 Å². The first-order chi connectivity index (χ1) is 12.0. The minimum Gasteiger partial charge on any atom is -0.484 e. The first-order valence-electron chi connectivity index (χ1n) is 7.54. The van der Waals surface area contributed by atoms with Crippen molar-refractivity contribution in [2.24, 2.45) is 0 Å². The van der Waals surface area contributed by atoms with Gasteiger partial charge in [-0.3, -0.25) is 4.79 Å². The average molecular weight is 376 g/mol. The first kappa shape index (κ1) is 17.4. The monoisotopic (exact) mass is 375 g/mol. The Labute approximate surface area is 155 Å². The minimum atomic E-state index is -0.238. The van der Waals surface area contributed by atoms with Gasteiger partial charge in [-0.1, -0.05) is 41.4 Å². The lowest BCUT2D eigenvalue weighted by molar-refractivity contribution is 0.0962. The fourth-order valence-electron chi connectivity index (χ4n) is 2.24. The van der Waals surface area contributed by atoms with Gasteiger partial charge in [0.25, 0.3) is 5.91 Å². The molecule has 0 saturated heterocycles. The van der Waals surface area contributed by atoms with Crippen LogP contribution >= 0.6 is 23.2 Å². The molecule has 3 aromatic rings. The summed E-state index contributed by atoms with van der Waals surface area (Å²) in [6, 6.07) is 17.6. The van der Waals surface area contributed by atoms with Crippen molar-refractivity contribution in [2.75, 3.05) is 11.9 Å². The van der Waals surface area contributed by atoms with Gasteiger partial charge < -0.3 is 14.1 Å². The standard InChI is InChI=1S/C19H15Cl2NO3/c1-22(14-5-3-2-4-6-14)19(23)17-10-8-15(25-17)12-24-18-11-13(20)7-9-16(18)21/h2-11H,12H2,1H3. The van der Waals surface area contributed by atoms with Crippen LogP contribution < -0.4 is 9.64 Å². The number of anilines is 1. The smallest absolute Gasteiger partial charge is 0.293 e. The zero-order valence-electron chi connectivity index (χ0n) is 13.4. The Morgan fingerprint density at radius 2 is 1.84 bits per heavy atom. The Balaban J connectivity index is 1.68. The van der Waals surface area contributed by atoms with E-state index in [1.54, 1.807) is 37.4 Å². The van der Waals surface area contributed by atoms with E-state index in [-0.39, 0.29) is 18.3 Å². The number of hydrogen-bond acceptors (Lipinski definition) is 3. The Hall–Kier alpha value is -2.43. The molecule has 0 atom stereocenters. The fourth-order valence-corrected chi connectivity index (χ4v) is 2.58. The van der Waals surface area contributed by atoms with Gasteiger partial charge in [-0.2, -0.15) is 0 Å². The molecule has 0 unspecified atom stereocenters. The van der Waals surface area contributed by atoms with Gasteiger partial charge in [0.05, 0.1) is 5.02 Å². The van der Waals surface area contributed by atoms with Crippen LogP contribution in [0.15, 0.2) is 65.1 Å². The number of ether oxygens (including phenoxy) is 1. The summed E-state index contributed by atoms with van der Waals surface area (Å²) in [5.74, 6) is 0.973. The molecule has 1 aromatic heterocycles. The normalized spacial score (nSPS) is 10.5. The zero-order chi connectivity index (χ0) is 17.8. The maximum Gasteiger partial charge on any atom is 0.293 e. The Bertz CT molecular complexity index is 877. The number of nitrogens with zero attached hydrogens (tertiary/aromatic N) is 1. The van der Waals surface area contributed by atoms with Crippen molar-refractivity contribution in [2.45, 2.75) is 6.61 Å². The van der Waals surface area contributed by atoms with Gasteiger partial charge in [-0.25, -0.2) is 0 Å². The number of amides is 1. The van der Waals surface area contributed by atoms with Crippen LogP contribution in [0, 0.1) is 0 Å².